The van der Waals surface area contributed by atoms with E-state index in [-0.39, 0.29) is 0 Å². The Kier molecular flexibility index (Phi) is 2.69. The van der Waals surface area contributed by atoms with Crippen LogP contribution in [0.25, 0.3) is 0 Å². The van der Waals surface area contributed by atoms with Gasteiger partial charge in [0.15, 0.2) is 0 Å². The van der Waals surface area contributed by atoms with Crippen LogP contribution >= 0.6 is 0 Å². The predicted molar refractivity (Wildman–Crippen MR) is 51.8 cm³/mol. The highest BCUT2D eigenvalue weighted by molar-refractivity contribution is 4.86. The molecule has 2 fully saturated rings. The Bertz CT molecular complexity index is 130. The summed E-state index contributed by atoms with van der Waals surface area (Å²) in [6.45, 7) is 0.907. The van der Waals surface area contributed by atoms with Crippen LogP contribution < -0.4 is 5.73 Å². The Morgan fingerprint density at radius 1 is 1.00 bits per heavy atom. The molecule has 0 aromatic carbocycles. The van der Waals surface area contributed by atoms with Gasteiger partial charge in [-0.2, -0.15) is 0 Å². The zero-order valence-corrected chi connectivity index (χ0v) is 7.97. The van der Waals surface area contributed by atoms with Crippen molar-refractivity contribution in [3.05, 3.63) is 0 Å². The molecule has 0 radical (unpaired) electrons. The van der Waals surface area contributed by atoms with Crippen molar-refractivity contribution in [3.63, 3.8) is 0 Å². The Morgan fingerprint density at radius 3 is 2.08 bits per heavy atom. The van der Waals surface area contributed by atoms with Gasteiger partial charge in [0.25, 0.3) is 0 Å². The molecule has 2 aliphatic rings. The topological polar surface area (TPSA) is 26.0 Å². The van der Waals surface area contributed by atoms with Crippen molar-refractivity contribution in [3.8, 4) is 0 Å². The van der Waals surface area contributed by atoms with E-state index in [1.165, 1.54) is 44.9 Å². The largest absolute Gasteiger partial charge is 0.330 e. The van der Waals surface area contributed by atoms with Gasteiger partial charge in [0, 0.05) is 0 Å². The van der Waals surface area contributed by atoms with Gasteiger partial charge in [-0.25, -0.2) is 0 Å². The minimum atomic E-state index is 0.907. The van der Waals surface area contributed by atoms with Crippen LogP contribution in [0.4, 0.5) is 0 Å². The molecule has 2 aliphatic carbocycles. The first-order valence-electron chi connectivity index (χ1n) is 5.60. The quantitative estimate of drug-likeness (QED) is 0.672. The van der Waals surface area contributed by atoms with Crippen molar-refractivity contribution in [1.29, 1.82) is 0 Å². The number of fused-ring (bicyclic) bond motifs is 1. The van der Waals surface area contributed by atoms with Gasteiger partial charge < -0.3 is 5.73 Å². The van der Waals surface area contributed by atoms with E-state index in [1.807, 2.05) is 0 Å². The molecular formula is C11H21N. The highest BCUT2D eigenvalue weighted by Crippen LogP contribution is 2.45. The van der Waals surface area contributed by atoms with Crippen molar-refractivity contribution in [2.75, 3.05) is 6.54 Å². The second kappa shape index (κ2) is 3.78. The summed E-state index contributed by atoms with van der Waals surface area (Å²) in [5.74, 6) is 3.17. The third kappa shape index (κ3) is 1.66. The van der Waals surface area contributed by atoms with Gasteiger partial charge in [-0.15, -0.1) is 0 Å². The van der Waals surface area contributed by atoms with E-state index < -0.39 is 0 Å². The number of rotatable bonds is 2. The minimum absolute atomic E-state index is 0.907. The van der Waals surface area contributed by atoms with E-state index >= 15 is 0 Å². The second-order valence-corrected chi connectivity index (χ2v) is 4.72. The smallest absolute Gasteiger partial charge is 0.00746 e. The fourth-order valence-electron chi connectivity index (χ4n) is 3.33. The van der Waals surface area contributed by atoms with E-state index in [0.717, 1.165) is 24.3 Å². The van der Waals surface area contributed by atoms with Crippen LogP contribution in [0, 0.1) is 17.8 Å². The molecule has 0 heterocycles. The summed E-state index contributed by atoms with van der Waals surface area (Å²) in [5.41, 5.74) is 5.60. The van der Waals surface area contributed by atoms with Crippen molar-refractivity contribution in [2.24, 2.45) is 23.5 Å². The molecule has 0 aromatic rings. The summed E-state index contributed by atoms with van der Waals surface area (Å²) >= 11 is 0. The number of nitrogens with two attached hydrogens (primary N) is 1. The maximum absolute atomic E-state index is 5.60. The predicted octanol–water partition coefficient (Wildman–Crippen LogP) is 2.55. The van der Waals surface area contributed by atoms with E-state index in [4.69, 9.17) is 5.73 Å². The molecule has 0 bridgehead atoms. The van der Waals surface area contributed by atoms with Crippen LogP contribution in [-0.2, 0) is 0 Å². The Hall–Kier alpha value is -0.0400. The third-order valence-electron chi connectivity index (χ3n) is 3.91. The molecule has 2 N–H and O–H groups in total. The highest BCUT2D eigenvalue weighted by atomic mass is 14.5. The summed E-state index contributed by atoms with van der Waals surface area (Å²) in [7, 11) is 0. The highest BCUT2D eigenvalue weighted by Gasteiger charge is 2.34. The van der Waals surface area contributed by atoms with Gasteiger partial charge in [-0.1, -0.05) is 25.7 Å². The van der Waals surface area contributed by atoms with Crippen LogP contribution in [0.1, 0.15) is 44.9 Å². The lowest BCUT2D eigenvalue weighted by Crippen LogP contribution is -2.12. The lowest BCUT2D eigenvalue weighted by Gasteiger charge is -2.24. The van der Waals surface area contributed by atoms with E-state index in [9.17, 15) is 0 Å². The molecule has 0 spiro atoms. The average molecular weight is 167 g/mol. The van der Waals surface area contributed by atoms with Gasteiger partial charge in [0.05, 0.1) is 0 Å². The maximum Gasteiger partial charge on any atom is -0.00746 e. The molecule has 70 valence electrons. The summed E-state index contributed by atoms with van der Waals surface area (Å²) < 4.78 is 0. The second-order valence-electron chi connectivity index (χ2n) is 4.72. The monoisotopic (exact) mass is 167 g/mol. The fourth-order valence-corrected chi connectivity index (χ4v) is 3.33. The summed E-state index contributed by atoms with van der Waals surface area (Å²) in [4.78, 5) is 0. The van der Waals surface area contributed by atoms with E-state index in [2.05, 4.69) is 0 Å². The first-order valence-corrected chi connectivity index (χ1v) is 5.60. The third-order valence-corrected chi connectivity index (χ3v) is 3.91. The van der Waals surface area contributed by atoms with Gasteiger partial charge in [-0.3, -0.25) is 0 Å². The van der Waals surface area contributed by atoms with Crippen LogP contribution in [-0.4, -0.2) is 6.54 Å². The molecule has 0 amide bonds. The van der Waals surface area contributed by atoms with E-state index in [1.54, 1.807) is 0 Å². The fraction of sp³-hybridized carbons (Fsp3) is 1.00. The summed E-state index contributed by atoms with van der Waals surface area (Å²) in [6, 6.07) is 0. The van der Waals surface area contributed by atoms with Crippen molar-refractivity contribution in [1.82, 2.24) is 0 Å². The van der Waals surface area contributed by atoms with Crippen LogP contribution in [0.3, 0.4) is 0 Å². The molecule has 0 aliphatic heterocycles. The van der Waals surface area contributed by atoms with Crippen molar-refractivity contribution < 1.29 is 0 Å². The summed E-state index contributed by atoms with van der Waals surface area (Å²) in [5, 5.41) is 0. The van der Waals surface area contributed by atoms with Gasteiger partial charge >= 0.3 is 0 Å². The number of hydrogen-bond donors (Lipinski definition) is 1. The molecule has 2 atom stereocenters. The lowest BCUT2D eigenvalue weighted by molar-refractivity contribution is 0.277. The Labute approximate surface area is 75.7 Å². The SMILES string of the molecule is NCCC1CC2CCCCC2C1. The molecule has 0 saturated heterocycles. The van der Waals surface area contributed by atoms with Crippen LogP contribution in [0.5, 0.6) is 0 Å². The van der Waals surface area contributed by atoms with Crippen molar-refractivity contribution >= 4 is 0 Å². The Morgan fingerprint density at radius 2 is 1.58 bits per heavy atom. The lowest BCUT2D eigenvalue weighted by atomic mass is 9.82. The molecule has 1 heteroatoms. The van der Waals surface area contributed by atoms with Gasteiger partial charge in [0.1, 0.15) is 0 Å². The average Bonchev–Trinajstić information content (AvgIpc) is 2.47. The zero-order chi connectivity index (χ0) is 8.39. The standard InChI is InChI=1S/C11H21N/c12-6-5-9-7-10-3-1-2-4-11(10)8-9/h9-11H,1-8,12H2. The Balaban J connectivity index is 1.85. The van der Waals surface area contributed by atoms with Crippen LogP contribution in [0.2, 0.25) is 0 Å². The molecule has 2 rings (SSSR count). The van der Waals surface area contributed by atoms with Gasteiger partial charge in [0.2, 0.25) is 0 Å². The minimum Gasteiger partial charge on any atom is -0.330 e. The number of hydrogen-bond acceptors (Lipinski definition) is 1. The molecule has 2 unspecified atom stereocenters. The first kappa shape index (κ1) is 8.55. The van der Waals surface area contributed by atoms with E-state index in [0.29, 0.717) is 0 Å². The normalized spacial score (nSPS) is 41.2. The van der Waals surface area contributed by atoms with Crippen LogP contribution in [0.15, 0.2) is 0 Å². The molecule has 2 saturated carbocycles. The molecule has 12 heavy (non-hydrogen) atoms. The molecular weight excluding hydrogens is 146 g/mol. The molecule has 0 aromatic heterocycles. The van der Waals surface area contributed by atoms with Crippen molar-refractivity contribution in [2.45, 2.75) is 44.9 Å². The summed E-state index contributed by atoms with van der Waals surface area (Å²) in [6.07, 6.45) is 10.3. The molecule has 1 nitrogen and oxygen atoms in total. The van der Waals surface area contributed by atoms with Gasteiger partial charge in [-0.05, 0) is 43.6 Å². The first-order chi connectivity index (χ1) is 5.90. The zero-order valence-electron chi connectivity index (χ0n) is 7.97. The maximum atomic E-state index is 5.60.